The summed E-state index contributed by atoms with van der Waals surface area (Å²) in [4.78, 5) is 4.07. The summed E-state index contributed by atoms with van der Waals surface area (Å²) in [5.41, 5.74) is 0. The van der Waals surface area contributed by atoms with E-state index < -0.39 is 10.0 Å². The molecular weight excluding hydrogens is 250 g/mol. The lowest BCUT2D eigenvalue weighted by atomic mass is 9.86. The van der Waals surface area contributed by atoms with E-state index in [-0.39, 0.29) is 5.75 Å². The van der Waals surface area contributed by atoms with Crippen molar-refractivity contribution >= 4 is 15.8 Å². The zero-order valence-corrected chi connectivity index (χ0v) is 11.1. The third-order valence-corrected chi connectivity index (χ3v) is 4.51. The number of hydrogen-bond donors (Lipinski definition) is 2. The maximum atomic E-state index is 11.7. The summed E-state index contributed by atoms with van der Waals surface area (Å²) in [6.45, 7) is 0.961. The van der Waals surface area contributed by atoms with E-state index in [9.17, 15) is 8.42 Å². The van der Waals surface area contributed by atoms with Gasteiger partial charge in [0.2, 0.25) is 10.0 Å². The minimum absolute atomic E-state index is 0.0797. The van der Waals surface area contributed by atoms with Crippen LogP contribution in [0.3, 0.4) is 0 Å². The SMILES string of the molecule is O=S(=O)(CCNc1ccccn1)NCC1CCC1. The Hall–Kier alpha value is -1.14. The summed E-state index contributed by atoms with van der Waals surface area (Å²) in [6.07, 6.45) is 5.20. The number of pyridine rings is 1. The van der Waals surface area contributed by atoms with Gasteiger partial charge in [-0.3, -0.25) is 0 Å². The number of nitrogens with zero attached hydrogens (tertiary/aromatic N) is 1. The van der Waals surface area contributed by atoms with Crippen molar-refractivity contribution in [2.24, 2.45) is 5.92 Å². The van der Waals surface area contributed by atoms with Crippen LogP contribution in [0.4, 0.5) is 5.82 Å². The molecule has 0 aliphatic heterocycles. The predicted octanol–water partition coefficient (Wildman–Crippen LogP) is 1.21. The fraction of sp³-hybridized carbons (Fsp3) is 0.583. The number of aromatic nitrogens is 1. The van der Waals surface area contributed by atoms with Crippen LogP contribution < -0.4 is 10.0 Å². The van der Waals surface area contributed by atoms with Crippen LogP contribution in [0.2, 0.25) is 0 Å². The molecule has 2 rings (SSSR count). The van der Waals surface area contributed by atoms with Crippen LogP contribution in [-0.2, 0) is 10.0 Å². The quantitative estimate of drug-likeness (QED) is 0.780. The van der Waals surface area contributed by atoms with Gasteiger partial charge < -0.3 is 5.32 Å². The summed E-state index contributed by atoms with van der Waals surface area (Å²) in [5, 5.41) is 2.99. The summed E-state index contributed by atoms with van der Waals surface area (Å²) in [6, 6.07) is 5.50. The maximum Gasteiger partial charge on any atom is 0.213 e. The van der Waals surface area contributed by atoms with E-state index in [1.807, 2.05) is 18.2 Å². The number of rotatable bonds is 7. The van der Waals surface area contributed by atoms with Crippen molar-refractivity contribution in [3.05, 3.63) is 24.4 Å². The molecule has 0 unspecified atom stereocenters. The van der Waals surface area contributed by atoms with Crippen LogP contribution in [0.15, 0.2) is 24.4 Å². The lowest BCUT2D eigenvalue weighted by Crippen LogP contribution is -2.35. The first-order valence-electron chi connectivity index (χ1n) is 6.28. The molecule has 0 saturated heterocycles. The van der Waals surface area contributed by atoms with Gasteiger partial charge in [0.05, 0.1) is 5.75 Å². The van der Waals surface area contributed by atoms with Crippen LogP contribution >= 0.6 is 0 Å². The molecule has 2 N–H and O–H groups in total. The molecule has 6 heteroatoms. The maximum absolute atomic E-state index is 11.7. The van der Waals surface area contributed by atoms with Crippen molar-refractivity contribution in [1.29, 1.82) is 0 Å². The van der Waals surface area contributed by atoms with Gasteiger partial charge in [0.25, 0.3) is 0 Å². The van der Waals surface area contributed by atoms with E-state index in [1.54, 1.807) is 6.20 Å². The Kier molecular flexibility index (Phi) is 4.54. The molecule has 1 aliphatic carbocycles. The normalized spacial score (nSPS) is 16.2. The minimum atomic E-state index is -3.16. The van der Waals surface area contributed by atoms with Crippen LogP contribution in [0.25, 0.3) is 0 Å². The number of anilines is 1. The van der Waals surface area contributed by atoms with Gasteiger partial charge >= 0.3 is 0 Å². The van der Waals surface area contributed by atoms with E-state index in [4.69, 9.17) is 0 Å². The monoisotopic (exact) mass is 269 g/mol. The Labute approximate surface area is 108 Å². The fourth-order valence-electron chi connectivity index (χ4n) is 1.79. The van der Waals surface area contributed by atoms with Gasteiger partial charge in [-0.2, -0.15) is 0 Å². The van der Waals surface area contributed by atoms with Crippen molar-refractivity contribution < 1.29 is 8.42 Å². The molecule has 0 aromatic carbocycles. The molecule has 18 heavy (non-hydrogen) atoms. The molecular formula is C12H19N3O2S. The number of sulfonamides is 1. The van der Waals surface area contributed by atoms with E-state index in [0.29, 0.717) is 24.8 Å². The van der Waals surface area contributed by atoms with Crippen LogP contribution in [0.5, 0.6) is 0 Å². The van der Waals surface area contributed by atoms with Crippen LogP contribution in [-0.4, -0.2) is 32.2 Å². The molecule has 1 aromatic rings. The third kappa shape index (κ3) is 4.27. The Balaban J connectivity index is 1.68. The Morgan fingerprint density at radius 3 is 2.78 bits per heavy atom. The highest BCUT2D eigenvalue weighted by atomic mass is 32.2. The standard InChI is InChI=1S/C12H19N3O2S/c16-18(17,15-10-11-4-3-5-11)9-8-14-12-6-1-2-7-13-12/h1-2,6-7,11,15H,3-5,8-10H2,(H,13,14). The number of nitrogens with one attached hydrogen (secondary N) is 2. The van der Waals surface area contributed by atoms with E-state index >= 15 is 0 Å². The molecule has 0 atom stereocenters. The fourth-order valence-corrected chi connectivity index (χ4v) is 2.80. The largest absolute Gasteiger partial charge is 0.369 e. The van der Waals surface area contributed by atoms with E-state index in [2.05, 4.69) is 15.0 Å². The topological polar surface area (TPSA) is 71.1 Å². The Morgan fingerprint density at radius 1 is 1.33 bits per heavy atom. The zero-order valence-electron chi connectivity index (χ0n) is 10.3. The smallest absolute Gasteiger partial charge is 0.213 e. The lowest BCUT2D eigenvalue weighted by molar-refractivity contribution is 0.316. The van der Waals surface area contributed by atoms with E-state index in [0.717, 1.165) is 12.8 Å². The summed E-state index contributed by atoms with van der Waals surface area (Å²) < 4.78 is 26.0. The molecule has 0 spiro atoms. The van der Waals surface area contributed by atoms with Crippen molar-refractivity contribution in [2.45, 2.75) is 19.3 Å². The van der Waals surface area contributed by atoms with Crippen molar-refractivity contribution in [1.82, 2.24) is 9.71 Å². The average Bonchev–Trinajstić information content (AvgIpc) is 2.28. The zero-order chi connectivity index (χ0) is 12.8. The highest BCUT2D eigenvalue weighted by Gasteiger charge is 2.19. The van der Waals surface area contributed by atoms with Crippen molar-refractivity contribution in [3.8, 4) is 0 Å². The molecule has 0 amide bonds. The predicted molar refractivity (Wildman–Crippen MR) is 71.9 cm³/mol. The average molecular weight is 269 g/mol. The first-order valence-corrected chi connectivity index (χ1v) is 7.93. The van der Waals surface area contributed by atoms with Crippen LogP contribution in [0.1, 0.15) is 19.3 Å². The van der Waals surface area contributed by atoms with E-state index in [1.165, 1.54) is 6.42 Å². The highest BCUT2D eigenvalue weighted by Crippen LogP contribution is 2.25. The molecule has 0 radical (unpaired) electrons. The molecule has 100 valence electrons. The van der Waals surface area contributed by atoms with Gasteiger partial charge in [0.1, 0.15) is 5.82 Å². The molecule has 0 bridgehead atoms. The molecule has 1 fully saturated rings. The van der Waals surface area contributed by atoms with Gasteiger partial charge in [-0.15, -0.1) is 0 Å². The second-order valence-electron chi connectivity index (χ2n) is 4.61. The highest BCUT2D eigenvalue weighted by molar-refractivity contribution is 7.89. The number of hydrogen-bond acceptors (Lipinski definition) is 4. The molecule has 1 heterocycles. The second kappa shape index (κ2) is 6.15. The first kappa shape index (κ1) is 13.3. The Bertz CT molecular complexity index is 457. The van der Waals surface area contributed by atoms with Gasteiger partial charge in [-0.25, -0.2) is 18.1 Å². The molecule has 1 aliphatic rings. The van der Waals surface area contributed by atoms with Gasteiger partial charge in [-0.05, 0) is 30.9 Å². The molecule has 1 saturated carbocycles. The third-order valence-electron chi connectivity index (χ3n) is 3.16. The van der Waals surface area contributed by atoms with Gasteiger partial charge in [-0.1, -0.05) is 12.5 Å². The summed E-state index contributed by atoms with van der Waals surface area (Å²) in [7, 11) is -3.16. The van der Waals surface area contributed by atoms with Crippen LogP contribution in [0, 0.1) is 5.92 Å². The lowest BCUT2D eigenvalue weighted by Gasteiger charge is -2.25. The molecule has 1 aromatic heterocycles. The van der Waals surface area contributed by atoms with Gasteiger partial charge in [0.15, 0.2) is 0 Å². The summed E-state index contributed by atoms with van der Waals surface area (Å²) in [5.74, 6) is 1.33. The van der Waals surface area contributed by atoms with Crippen molar-refractivity contribution in [3.63, 3.8) is 0 Å². The minimum Gasteiger partial charge on any atom is -0.369 e. The van der Waals surface area contributed by atoms with Gasteiger partial charge in [0, 0.05) is 19.3 Å². The van der Waals surface area contributed by atoms with Crippen molar-refractivity contribution in [2.75, 3.05) is 24.2 Å². The Morgan fingerprint density at radius 2 is 2.17 bits per heavy atom. The second-order valence-corrected chi connectivity index (χ2v) is 6.53. The summed E-state index contributed by atoms with van der Waals surface area (Å²) >= 11 is 0. The molecule has 5 nitrogen and oxygen atoms in total. The first-order chi connectivity index (χ1) is 8.66.